The first-order valence-corrected chi connectivity index (χ1v) is 7.36. The Kier molecular flexibility index (Phi) is 3.83. The molecule has 7 heteroatoms. The largest absolute Gasteiger partial charge is 0.354 e. The van der Waals surface area contributed by atoms with Crippen LogP contribution in [0.25, 0.3) is 0 Å². The summed E-state index contributed by atoms with van der Waals surface area (Å²) >= 11 is 0. The van der Waals surface area contributed by atoms with Crippen LogP contribution in [0.5, 0.6) is 0 Å². The number of nitrogens with zero attached hydrogens (tertiary/aromatic N) is 2. The van der Waals surface area contributed by atoms with E-state index in [1.54, 1.807) is 24.3 Å². The molecule has 0 spiro atoms. The number of piperazine rings is 1. The summed E-state index contributed by atoms with van der Waals surface area (Å²) in [6, 6.07) is 8.43. The number of carbonyl (C=O) groups excluding carboxylic acids is 1. The van der Waals surface area contributed by atoms with Gasteiger partial charge in [0.2, 0.25) is 15.9 Å². The first-order chi connectivity index (χ1) is 9.01. The van der Waals surface area contributed by atoms with Crippen LogP contribution in [0.4, 0.5) is 0 Å². The Bertz CT molecular complexity index is 634. The molecule has 1 heterocycles. The third kappa shape index (κ3) is 3.30. The molecule has 100 valence electrons. The van der Waals surface area contributed by atoms with Crippen molar-refractivity contribution in [3.8, 4) is 6.07 Å². The van der Waals surface area contributed by atoms with E-state index >= 15 is 0 Å². The Labute approximate surface area is 111 Å². The summed E-state index contributed by atoms with van der Waals surface area (Å²) in [7, 11) is -3.53. The minimum Gasteiger partial charge on any atom is -0.354 e. The molecule has 0 radical (unpaired) electrons. The van der Waals surface area contributed by atoms with E-state index in [-0.39, 0.29) is 24.7 Å². The van der Waals surface area contributed by atoms with Crippen LogP contribution in [-0.4, -0.2) is 38.3 Å². The predicted octanol–water partition coefficient (Wildman–Crippen LogP) is -0.180. The first kappa shape index (κ1) is 13.5. The molecule has 6 nitrogen and oxygen atoms in total. The average Bonchev–Trinajstić information content (AvgIpc) is 2.38. The van der Waals surface area contributed by atoms with E-state index in [1.807, 2.05) is 6.07 Å². The van der Waals surface area contributed by atoms with Gasteiger partial charge in [0.15, 0.2) is 0 Å². The minimum atomic E-state index is -3.53. The van der Waals surface area contributed by atoms with Gasteiger partial charge in [0.1, 0.15) is 0 Å². The summed E-state index contributed by atoms with van der Waals surface area (Å²) in [5.41, 5.74) is 0.967. The molecule has 1 aromatic rings. The molecular weight excluding hydrogens is 266 g/mol. The number of sulfonamides is 1. The molecule has 1 N–H and O–H groups in total. The molecule has 19 heavy (non-hydrogen) atoms. The van der Waals surface area contributed by atoms with Crippen LogP contribution in [0.15, 0.2) is 24.3 Å². The van der Waals surface area contributed by atoms with Crippen molar-refractivity contribution >= 4 is 15.9 Å². The molecule has 1 saturated heterocycles. The number of hydrogen-bond acceptors (Lipinski definition) is 4. The Hall–Kier alpha value is -1.91. The van der Waals surface area contributed by atoms with Crippen LogP contribution in [0.1, 0.15) is 11.1 Å². The van der Waals surface area contributed by atoms with E-state index in [2.05, 4.69) is 5.32 Å². The summed E-state index contributed by atoms with van der Waals surface area (Å²) in [6.07, 6.45) is 0. The molecule has 0 saturated carbocycles. The Morgan fingerprint density at radius 2 is 2.21 bits per heavy atom. The Morgan fingerprint density at radius 1 is 1.42 bits per heavy atom. The highest BCUT2D eigenvalue weighted by molar-refractivity contribution is 7.88. The number of benzene rings is 1. The normalized spacial score (nSPS) is 16.7. The van der Waals surface area contributed by atoms with Crippen LogP contribution in [-0.2, 0) is 20.6 Å². The number of carbonyl (C=O) groups is 1. The molecule has 0 bridgehead atoms. The predicted molar refractivity (Wildman–Crippen MR) is 68.4 cm³/mol. The third-order valence-corrected chi connectivity index (χ3v) is 4.60. The van der Waals surface area contributed by atoms with Crippen molar-refractivity contribution in [1.29, 1.82) is 5.26 Å². The minimum absolute atomic E-state index is 0.139. The van der Waals surface area contributed by atoms with Gasteiger partial charge in [-0.15, -0.1) is 0 Å². The summed E-state index contributed by atoms with van der Waals surface area (Å²) in [5.74, 6) is -0.490. The van der Waals surface area contributed by atoms with Gasteiger partial charge in [0.25, 0.3) is 0 Å². The molecule has 0 unspecified atom stereocenters. The van der Waals surface area contributed by atoms with Crippen molar-refractivity contribution in [2.75, 3.05) is 19.6 Å². The third-order valence-electron chi connectivity index (χ3n) is 2.80. The number of nitriles is 1. The molecule has 2 rings (SSSR count). The van der Waals surface area contributed by atoms with Crippen molar-refractivity contribution < 1.29 is 13.2 Å². The number of hydrogen-bond donors (Lipinski definition) is 1. The number of rotatable bonds is 3. The zero-order valence-corrected chi connectivity index (χ0v) is 11.0. The fourth-order valence-electron chi connectivity index (χ4n) is 1.89. The van der Waals surface area contributed by atoms with Gasteiger partial charge in [-0.05, 0) is 17.7 Å². The molecule has 0 atom stereocenters. The van der Waals surface area contributed by atoms with Gasteiger partial charge < -0.3 is 5.32 Å². The van der Waals surface area contributed by atoms with Crippen molar-refractivity contribution in [3.63, 3.8) is 0 Å². The van der Waals surface area contributed by atoms with E-state index in [0.717, 1.165) is 0 Å². The van der Waals surface area contributed by atoms with Gasteiger partial charge >= 0.3 is 0 Å². The summed E-state index contributed by atoms with van der Waals surface area (Å²) < 4.78 is 25.5. The van der Waals surface area contributed by atoms with Gasteiger partial charge in [-0.25, -0.2) is 8.42 Å². The Morgan fingerprint density at radius 3 is 2.89 bits per heavy atom. The van der Waals surface area contributed by atoms with Crippen molar-refractivity contribution in [2.24, 2.45) is 0 Å². The molecule has 1 aliphatic rings. The lowest BCUT2D eigenvalue weighted by Gasteiger charge is -2.25. The lowest BCUT2D eigenvalue weighted by Crippen LogP contribution is -2.50. The van der Waals surface area contributed by atoms with Gasteiger partial charge in [-0.3, -0.25) is 4.79 Å². The average molecular weight is 279 g/mol. The maximum atomic E-state index is 12.2. The molecule has 1 amide bonds. The van der Waals surface area contributed by atoms with Crippen LogP contribution in [0.3, 0.4) is 0 Å². The lowest BCUT2D eigenvalue weighted by molar-refractivity contribution is -0.122. The molecule has 1 aromatic carbocycles. The first-order valence-electron chi connectivity index (χ1n) is 5.75. The highest BCUT2D eigenvalue weighted by Gasteiger charge is 2.27. The lowest BCUT2D eigenvalue weighted by atomic mass is 10.2. The molecule has 1 aliphatic heterocycles. The smallest absolute Gasteiger partial charge is 0.235 e. The monoisotopic (exact) mass is 279 g/mol. The van der Waals surface area contributed by atoms with E-state index in [0.29, 0.717) is 17.7 Å². The molecule has 0 aliphatic carbocycles. The van der Waals surface area contributed by atoms with Crippen LogP contribution in [0, 0.1) is 11.3 Å². The highest BCUT2D eigenvalue weighted by Crippen LogP contribution is 2.13. The standard InChI is InChI=1S/C12H13N3O3S/c13-7-10-2-1-3-11(6-10)9-19(17,18)15-5-4-14-12(16)8-15/h1-3,6H,4-5,8-9H2,(H,14,16). The van der Waals surface area contributed by atoms with Crippen LogP contribution < -0.4 is 5.32 Å². The number of nitrogens with one attached hydrogen (secondary N) is 1. The molecule has 1 fully saturated rings. The summed E-state index contributed by atoms with van der Waals surface area (Å²) in [4.78, 5) is 11.2. The molecular formula is C12H13N3O3S. The Balaban J connectivity index is 2.16. The SMILES string of the molecule is N#Cc1cccc(CS(=O)(=O)N2CCNC(=O)C2)c1. The van der Waals surface area contributed by atoms with E-state index in [9.17, 15) is 13.2 Å². The van der Waals surface area contributed by atoms with Gasteiger partial charge in [-0.1, -0.05) is 12.1 Å². The fraction of sp³-hybridized carbons (Fsp3) is 0.333. The second-order valence-corrected chi connectivity index (χ2v) is 6.22. The van der Waals surface area contributed by atoms with E-state index < -0.39 is 10.0 Å². The van der Waals surface area contributed by atoms with E-state index in [4.69, 9.17) is 5.26 Å². The zero-order valence-electron chi connectivity index (χ0n) is 10.2. The van der Waals surface area contributed by atoms with Crippen molar-refractivity contribution in [1.82, 2.24) is 9.62 Å². The summed E-state index contributed by atoms with van der Waals surface area (Å²) in [5, 5.41) is 11.4. The second-order valence-electron chi connectivity index (χ2n) is 4.25. The molecule has 0 aromatic heterocycles. The maximum absolute atomic E-state index is 12.2. The topological polar surface area (TPSA) is 90.3 Å². The number of amides is 1. The quantitative estimate of drug-likeness (QED) is 0.831. The van der Waals surface area contributed by atoms with Crippen molar-refractivity contribution in [2.45, 2.75) is 5.75 Å². The van der Waals surface area contributed by atoms with Crippen LogP contribution >= 0.6 is 0 Å². The highest BCUT2D eigenvalue weighted by atomic mass is 32.2. The van der Waals surface area contributed by atoms with Crippen molar-refractivity contribution in [3.05, 3.63) is 35.4 Å². The fourth-order valence-corrected chi connectivity index (χ4v) is 3.35. The van der Waals surface area contributed by atoms with Gasteiger partial charge in [-0.2, -0.15) is 9.57 Å². The van der Waals surface area contributed by atoms with Gasteiger partial charge in [0, 0.05) is 13.1 Å². The van der Waals surface area contributed by atoms with Crippen LogP contribution in [0.2, 0.25) is 0 Å². The van der Waals surface area contributed by atoms with Gasteiger partial charge in [0.05, 0.1) is 23.9 Å². The second kappa shape index (κ2) is 5.38. The maximum Gasteiger partial charge on any atom is 0.235 e. The van der Waals surface area contributed by atoms with E-state index in [1.165, 1.54) is 4.31 Å². The summed E-state index contributed by atoms with van der Waals surface area (Å²) in [6.45, 7) is 0.475. The zero-order chi connectivity index (χ0) is 13.9.